The van der Waals surface area contributed by atoms with E-state index in [4.69, 9.17) is 4.74 Å². The smallest absolute Gasteiger partial charge is 0.353 e. The van der Waals surface area contributed by atoms with Crippen molar-refractivity contribution in [1.29, 1.82) is 0 Å². The first kappa shape index (κ1) is 13.9. The topological polar surface area (TPSA) is 90.4 Å². The first-order valence-corrected chi connectivity index (χ1v) is 6.11. The highest BCUT2D eigenvalue weighted by atomic mass is 16.6. The van der Waals surface area contributed by atoms with Crippen molar-refractivity contribution in [3.63, 3.8) is 0 Å². The van der Waals surface area contributed by atoms with Gasteiger partial charge in [-0.05, 0) is 31.0 Å². The molecular formula is C13H15N3O4. The number of phenolic OH excluding ortho intramolecular Hbond substituents is 1. The van der Waals surface area contributed by atoms with Crippen LogP contribution in [0.2, 0.25) is 0 Å². The number of aromatic nitrogens is 2. The van der Waals surface area contributed by atoms with Gasteiger partial charge in [-0.1, -0.05) is 6.92 Å². The molecule has 1 aromatic carbocycles. The van der Waals surface area contributed by atoms with Gasteiger partial charge in [0.05, 0.1) is 4.92 Å². The molecular weight excluding hydrogens is 262 g/mol. The fourth-order valence-electron chi connectivity index (χ4n) is 1.99. The molecule has 1 aromatic heterocycles. The second-order valence-corrected chi connectivity index (χ2v) is 4.44. The van der Waals surface area contributed by atoms with Crippen LogP contribution >= 0.6 is 0 Å². The van der Waals surface area contributed by atoms with E-state index in [1.54, 1.807) is 33.0 Å². The lowest BCUT2D eigenvalue weighted by molar-refractivity contribution is -0.386. The van der Waals surface area contributed by atoms with E-state index in [1.165, 1.54) is 10.7 Å². The molecule has 20 heavy (non-hydrogen) atoms. The summed E-state index contributed by atoms with van der Waals surface area (Å²) in [6.45, 7) is 3.58. The van der Waals surface area contributed by atoms with Crippen LogP contribution in [0.1, 0.15) is 18.2 Å². The van der Waals surface area contributed by atoms with Gasteiger partial charge in [-0.2, -0.15) is 5.10 Å². The third-order valence-electron chi connectivity index (χ3n) is 2.81. The van der Waals surface area contributed by atoms with Gasteiger partial charge >= 0.3 is 5.69 Å². The lowest BCUT2D eigenvalue weighted by Crippen LogP contribution is -1.97. The third-order valence-corrected chi connectivity index (χ3v) is 2.81. The monoisotopic (exact) mass is 277 g/mol. The molecule has 0 saturated heterocycles. The van der Waals surface area contributed by atoms with Gasteiger partial charge < -0.3 is 9.84 Å². The predicted octanol–water partition coefficient (Wildman–Crippen LogP) is 2.70. The Morgan fingerprint density at radius 2 is 2.15 bits per heavy atom. The number of aromatic hydroxyl groups is 1. The van der Waals surface area contributed by atoms with Crippen LogP contribution in [0.25, 0.3) is 0 Å². The molecule has 2 aromatic rings. The van der Waals surface area contributed by atoms with Crippen molar-refractivity contribution in [3.05, 3.63) is 39.6 Å². The van der Waals surface area contributed by atoms with E-state index in [9.17, 15) is 15.2 Å². The Bertz CT molecular complexity index is 644. The maximum absolute atomic E-state index is 11.2. The Balaban J connectivity index is 2.47. The normalized spacial score (nSPS) is 10.6. The van der Waals surface area contributed by atoms with Crippen molar-refractivity contribution in [1.82, 2.24) is 9.78 Å². The molecule has 0 saturated carbocycles. The minimum absolute atomic E-state index is 0.0422. The van der Waals surface area contributed by atoms with Crippen LogP contribution in [0.15, 0.2) is 18.2 Å². The maximum Gasteiger partial charge on any atom is 0.353 e. The van der Waals surface area contributed by atoms with Crippen LogP contribution in [0.4, 0.5) is 5.69 Å². The summed E-state index contributed by atoms with van der Waals surface area (Å²) in [6.07, 6.45) is 0.437. The van der Waals surface area contributed by atoms with Crippen LogP contribution in [0.3, 0.4) is 0 Å². The maximum atomic E-state index is 11.2. The van der Waals surface area contributed by atoms with E-state index in [2.05, 4.69) is 5.10 Å². The highest BCUT2D eigenvalue weighted by Gasteiger charge is 2.27. The van der Waals surface area contributed by atoms with Crippen LogP contribution in [-0.2, 0) is 13.5 Å². The van der Waals surface area contributed by atoms with Gasteiger partial charge in [0.1, 0.15) is 17.2 Å². The van der Waals surface area contributed by atoms with Crippen LogP contribution in [0, 0.1) is 17.0 Å². The van der Waals surface area contributed by atoms with E-state index >= 15 is 0 Å². The summed E-state index contributed by atoms with van der Waals surface area (Å²) in [5, 5.41) is 24.8. The molecule has 0 unspecified atom stereocenters. The zero-order chi connectivity index (χ0) is 14.9. The van der Waals surface area contributed by atoms with E-state index < -0.39 is 4.92 Å². The van der Waals surface area contributed by atoms with E-state index in [0.717, 1.165) is 5.56 Å². The van der Waals surface area contributed by atoms with Gasteiger partial charge in [0.25, 0.3) is 5.88 Å². The minimum Gasteiger partial charge on any atom is -0.508 e. The quantitative estimate of drug-likeness (QED) is 0.685. The standard InChI is InChI=1S/C13H15N3O4/c1-4-11-12(16(18)19)13(15(3)14-11)20-10-6-8(2)5-9(17)7-10/h5-7,17H,4H2,1-3H3. The highest BCUT2D eigenvalue weighted by Crippen LogP contribution is 2.35. The zero-order valence-electron chi connectivity index (χ0n) is 11.5. The Hall–Kier alpha value is -2.57. The number of hydrogen-bond donors (Lipinski definition) is 1. The Labute approximate surface area is 115 Å². The zero-order valence-corrected chi connectivity index (χ0v) is 11.5. The summed E-state index contributed by atoms with van der Waals surface area (Å²) in [4.78, 5) is 10.7. The van der Waals surface area contributed by atoms with Crippen molar-refractivity contribution in [2.24, 2.45) is 7.05 Å². The average Bonchev–Trinajstić information content (AvgIpc) is 2.65. The predicted molar refractivity (Wildman–Crippen MR) is 72.2 cm³/mol. The summed E-state index contributed by atoms with van der Waals surface area (Å²) >= 11 is 0. The van der Waals surface area contributed by atoms with Crippen molar-refractivity contribution in [2.45, 2.75) is 20.3 Å². The largest absolute Gasteiger partial charge is 0.508 e. The molecule has 0 bridgehead atoms. The van der Waals surface area contributed by atoms with Gasteiger partial charge in [-0.25, -0.2) is 4.68 Å². The number of nitro groups is 1. The first-order chi connectivity index (χ1) is 9.42. The SMILES string of the molecule is CCc1nn(C)c(Oc2cc(C)cc(O)c2)c1[N+](=O)[O-]. The van der Waals surface area contributed by atoms with Crippen molar-refractivity contribution in [3.8, 4) is 17.4 Å². The molecule has 7 nitrogen and oxygen atoms in total. The molecule has 0 amide bonds. The lowest BCUT2D eigenvalue weighted by atomic mass is 10.2. The van der Waals surface area contributed by atoms with Gasteiger partial charge in [0.2, 0.25) is 0 Å². The van der Waals surface area contributed by atoms with Crippen molar-refractivity contribution >= 4 is 5.69 Å². The first-order valence-electron chi connectivity index (χ1n) is 6.11. The summed E-state index contributed by atoms with van der Waals surface area (Å²) in [6, 6.07) is 4.65. The Kier molecular flexibility index (Phi) is 3.60. The number of benzene rings is 1. The molecule has 1 N–H and O–H groups in total. The molecule has 106 valence electrons. The van der Waals surface area contributed by atoms with Gasteiger partial charge in [0.15, 0.2) is 0 Å². The summed E-state index contributed by atoms with van der Waals surface area (Å²) in [5.74, 6) is 0.425. The second kappa shape index (κ2) is 5.20. The Morgan fingerprint density at radius 3 is 2.70 bits per heavy atom. The molecule has 2 rings (SSSR count). The van der Waals surface area contributed by atoms with E-state index in [0.29, 0.717) is 17.9 Å². The van der Waals surface area contributed by atoms with Crippen LogP contribution < -0.4 is 4.74 Å². The van der Waals surface area contributed by atoms with Crippen molar-refractivity contribution < 1.29 is 14.8 Å². The molecule has 0 aliphatic rings. The number of aryl methyl sites for hydroxylation is 3. The minimum atomic E-state index is -0.503. The second-order valence-electron chi connectivity index (χ2n) is 4.44. The summed E-state index contributed by atoms with van der Waals surface area (Å²) in [7, 11) is 1.58. The van der Waals surface area contributed by atoms with E-state index in [-0.39, 0.29) is 17.3 Å². The molecule has 0 fully saturated rings. The molecule has 0 aliphatic carbocycles. The lowest BCUT2D eigenvalue weighted by Gasteiger charge is -2.06. The number of hydrogen-bond acceptors (Lipinski definition) is 5. The van der Waals surface area contributed by atoms with Gasteiger partial charge in [-0.3, -0.25) is 10.1 Å². The Morgan fingerprint density at radius 1 is 1.45 bits per heavy atom. The summed E-state index contributed by atoms with van der Waals surface area (Å²) < 4.78 is 6.87. The molecule has 0 spiro atoms. The van der Waals surface area contributed by atoms with E-state index in [1.807, 2.05) is 0 Å². The van der Waals surface area contributed by atoms with Gasteiger partial charge in [0, 0.05) is 13.1 Å². The highest BCUT2D eigenvalue weighted by molar-refractivity contribution is 5.49. The number of nitrogens with zero attached hydrogens (tertiary/aromatic N) is 3. The summed E-state index contributed by atoms with van der Waals surface area (Å²) in [5.41, 5.74) is 1.01. The van der Waals surface area contributed by atoms with Crippen LogP contribution in [0.5, 0.6) is 17.4 Å². The van der Waals surface area contributed by atoms with Crippen molar-refractivity contribution in [2.75, 3.05) is 0 Å². The van der Waals surface area contributed by atoms with Gasteiger partial charge in [-0.15, -0.1) is 0 Å². The molecule has 7 heteroatoms. The third kappa shape index (κ3) is 2.56. The fraction of sp³-hybridized carbons (Fsp3) is 0.308. The molecule has 0 radical (unpaired) electrons. The molecule has 0 aliphatic heterocycles. The molecule has 0 atom stereocenters. The average molecular weight is 277 g/mol. The van der Waals surface area contributed by atoms with Crippen LogP contribution in [-0.4, -0.2) is 19.8 Å². The fourth-order valence-corrected chi connectivity index (χ4v) is 1.99. The molecule has 1 heterocycles. The number of phenols is 1. The number of ether oxygens (including phenoxy) is 1. The number of rotatable bonds is 4.